The molecule has 4 heterocycles. The van der Waals surface area contributed by atoms with Crippen LogP contribution in [0, 0.1) is 0 Å². The molecule has 2 aliphatic rings. The number of benzene rings is 2. The van der Waals surface area contributed by atoms with Crippen LogP contribution in [0.25, 0.3) is 5.57 Å². The summed E-state index contributed by atoms with van der Waals surface area (Å²) in [5, 5.41) is 9.22. The van der Waals surface area contributed by atoms with E-state index in [9.17, 15) is 35.9 Å². The molecule has 4 aromatic heterocycles. The van der Waals surface area contributed by atoms with Gasteiger partial charge in [0.1, 0.15) is 4.60 Å². The number of carbonyl (C=O) groups excluding carboxylic acids is 2. The maximum atomic E-state index is 13.1. The van der Waals surface area contributed by atoms with Gasteiger partial charge in [-0.2, -0.15) is 26.3 Å². The van der Waals surface area contributed by atoms with Gasteiger partial charge in [0.05, 0.1) is 63.8 Å². The van der Waals surface area contributed by atoms with Crippen LogP contribution in [0.15, 0.2) is 108 Å². The summed E-state index contributed by atoms with van der Waals surface area (Å²) in [4.78, 5) is 41.3. The minimum absolute atomic E-state index is 0.147. The van der Waals surface area contributed by atoms with Gasteiger partial charge in [0.15, 0.2) is 0 Å². The van der Waals surface area contributed by atoms with Crippen molar-refractivity contribution in [1.29, 1.82) is 0 Å². The molecule has 432 valence electrons. The molecule has 0 bridgehead atoms. The van der Waals surface area contributed by atoms with E-state index in [-0.39, 0.29) is 12.0 Å². The van der Waals surface area contributed by atoms with Crippen LogP contribution >= 0.6 is 109 Å². The van der Waals surface area contributed by atoms with E-state index in [2.05, 4.69) is 74.2 Å². The fourth-order valence-electron chi connectivity index (χ4n) is 7.86. The van der Waals surface area contributed by atoms with Gasteiger partial charge in [0.2, 0.25) is 0 Å². The summed E-state index contributed by atoms with van der Waals surface area (Å²) in [6.07, 6.45) is 7.31. The minimum Gasteiger partial charge on any atom is -0.349 e. The maximum Gasteiger partial charge on any atom is 0.417 e. The summed E-state index contributed by atoms with van der Waals surface area (Å²) in [7, 11) is 0. The Morgan fingerprint density at radius 1 is 0.588 bits per heavy atom. The zero-order valence-corrected chi connectivity index (χ0v) is 54.7. The van der Waals surface area contributed by atoms with Crippen molar-refractivity contribution in [3.05, 3.63) is 182 Å². The van der Waals surface area contributed by atoms with Gasteiger partial charge in [-0.3, -0.25) is 19.6 Å². The number of pyridine rings is 4. The Bertz CT molecular complexity index is 3040. The number of aromatic nitrogens is 4. The van der Waals surface area contributed by atoms with Crippen molar-refractivity contribution < 1.29 is 35.9 Å². The molecule has 1 fully saturated rings. The second-order valence-corrected chi connectivity index (χ2v) is 31.2. The molecule has 1 unspecified atom stereocenters. The molecule has 1 saturated carbocycles. The van der Waals surface area contributed by atoms with E-state index in [4.69, 9.17) is 92.8 Å². The molecule has 80 heavy (non-hydrogen) atoms. The summed E-state index contributed by atoms with van der Waals surface area (Å²) in [6.45, 7) is 8.86. The van der Waals surface area contributed by atoms with Crippen LogP contribution < -0.4 is 14.3 Å². The smallest absolute Gasteiger partial charge is 0.349 e. The monoisotopic (exact) mass is 1440 g/mol. The Morgan fingerprint density at radius 2 is 1.06 bits per heavy atom. The number of rotatable bonds is 14. The van der Waals surface area contributed by atoms with Crippen LogP contribution in [-0.4, -0.2) is 57.6 Å². The van der Waals surface area contributed by atoms with Gasteiger partial charge in [-0.1, -0.05) is 121 Å². The van der Waals surface area contributed by atoms with Gasteiger partial charge >= 0.3 is 135 Å². The molecule has 24 heteroatoms. The predicted molar refractivity (Wildman–Crippen MR) is 321 cm³/mol. The van der Waals surface area contributed by atoms with Crippen LogP contribution in [0.2, 0.25) is 49.1 Å². The number of carbonyl (C=O) groups is 2. The average Bonchev–Trinajstić information content (AvgIpc) is 3.39. The van der Waals surface area contributed by atoms with E-state index in [1.54, 1.807) is 18.3 Å². The normalized spacial score (nSPS) is 14.6. The van der Waals surface area contributed by atoms with Crippen LogP contribution in [0.3, 0.4) is 0 Å². The zero-order valence-electron chi connectivity index (χ0n) is 43.7. The van der Waals surface area contributed by atoms with Crippen molar-refractivity contribution >= 4 is 150 Å². The third kappa shape index (κ3) is 21.5. The summed E-state index contributed by atoms with van der Waals surface area (Å²) in [6, 6.07) is 15.6. The van der Waals surface area contributed by atoms with Gasteiger partial charge in [-0.05, 0) is 89.7 Å². The van der Waals surface area contributed by atoms with Crippen LogP contribution in [0.4, 0.5) is 26.3 Å². The maximum absolute atomic E-state index is 13.1. The third-order valence-corrected chi connectivity index (χ3v) is 25.6. The first-order valence-corrected chi connectivity index (χ1v) is 35.5. The summed E-state index contributed by atoms with van der Waals surface area (Å²) in [5.41, 5.74) is -0.482. The van der Waals surface area contributed by atoms with E-state index >= 15 is 0 Å². The summed E-state index contributed by atoms with van der Waals surface area (Å²) >= 11 is 48.6. The van der Waals surface area contributed by atoms with E-state index in [1.165, 1.54) is 106 Å². The Morgan fingerprint density at radius 3 is 1.49 bits per heavy atom. The molecule has 2 amide bonds. The second kappa shape index (κ2) is 34.0. The number of nitrogens with zero attached hydrogens (tertiary/aromatic N) is 4. The fourth-order valence-corrected chi connectivity index (χ4v) is 20.6. The van der Waals surface area contributed by atoms with Gasteiger partial charge in [0.25, 0.3) is 11.8 Å². The molecule has 8 rings (SSSR count). The molecule has 2 N–H and O–H groups in total. The minimum atomic E-state index is -4.61. The predicted octanol–water partition coefficient (Wildman–Crippen LogP) is 19.8. The first-order valence-electron chi connectivity index (χ1n) is 25.4. The molecule has 8 nitrogen and oxygen atoms in total. The molecular formula is C56H57BrCl8F6N6O2Sn. The fraction of sp³-hybridized carbons (Fsp3) is 0.357. The number of allylic oxidation sites excluding steroid dienone is 2. The van der Waals surface area contributed by atoms with Crippen molar-refractivity contribution in [2.75, 3.05) is 0 Å². The zero-order chi connectivity index (χ0) is 59.3. The van der Waals surface area contributed by atoms with Crippen LogP contribution in [0.1, 0.15) is 141 Å². The molecular weight excluding hydrogens is 1380 g/mol. The van der Waals surface area contributed by atoms with E-state index in [0.29, 0.717) is 81.7 Å². The topological polar surface area (TPSA) is 110 Å². The molecule has 6 aromatic rings. The first kappa shape index (κ1) is 69.4. The number of alkyl halides is 6. The number of hydrogen-bond donors (Lipinski definition) is 2. The molecule has 0 aliphatic heterocycles. The van der Waals surface area contributed by atoms with E-state index in [0.717, 1.165) is 29.6 Å². The van der Waals surface area contributed by atoms with Crippen LogP contribution in [0.5, 0.6) is 0 Å². The summed E-state index contributed by atoms with van der Waals surface area (Å²) in [5.74, 6) is -1.72. The van der Waals surface area contributed by atoms with Crippen molar-refractivity contribution in [1.82, 2.24) is 30.6 Å². The Hall–Kier alpha value is -3.10. The number of halogens is 15. The number of nitrogens with one attached hydrogen (secondary N) is 2. The number of hydrogen-bond acceptors (Lipinski definition) is 6. The molecule has 2 atom stereocenters. The summed E-state index contributed by atoms with van der Waals surface area (Å²) < 4.78 is 82.9. The molecule has 0 saturated heterocycles. The van der Waals surface area contributed by atoms with Crippen LogP contribution in [-0.2, 0) is 12.4 Å². The van der Waals surface area contributed by atoms with Crippen molar-refractivity contribution in [2.45, 2.75) is 125 Å². The average molecular weight is 1440 g/mol. The quantitative estimate of drug-likeness (QED) is 0.0639. The van der Waals surface area contributed by atoms with Gasteiger partial charge in [-0.15, -0.1) is 0 Å². The number of unbranched alkanes of at least 4 members (excludes halogenated alkanes) is 3. The van der Waals surface area contributed by atoms with Crippen molar-refractivity contribution in [2.24, 2.45) is 0 Å². The Kier molecular flexibility index (Phi) is 29.5. The standard InChI is InChI=1S/C17H13Cl2F3N2O.C17H11Cl2F3N2O.C5H2BrCl2N.C5H2Cl2N.C4H10.2C4H9.Sn.H/c2*18-9-7-13(19)15(23-8-9)11-5-6-14(11)24-16(25)10-3-1-2-4-12(10)17(20,21)22;6-5-4(8)1-3(7)2-9-5;6-4-1-5(7)3-8-2-4;3*1-3-4-2;;/h1-4,7-8,11,14H,5-6H2,(H,24,25);1-4,7-8H,5-6H2,(H,24,25);1-2H;1-2H;3-4H2,1-2H3;2*1,3-4H2,2H3;;/t11?,14-;;;;;;;;/m1......../s1. The van der Waals surface area contributed by atoms with Gasteiger partial charge in [-0.25, -0.2) is 4.98 Å². The third-order valence-electron chi connectivity index (χ3n) is 12.4. The largest absolute Gasteiger partial charge is 0.417 e. The van der Waals surface area contributed by atoms with Gasteiger partial charge < -0.3 is 10.6 Å². The molecule has 2 aliphatic carbocycles. The Labute approximate surface area is 518 Å². The van der Waals surface area contributed by atoms with Gasteiger partial charge in [0, 0.05) is 36.2 Å². The second-order valence-electron chi connectivity index (χ2n) is 18.2. The van der Waals surface area contributed by atoms with Crippen molar-refractivity contribution in [3.8, 4) is 0 Å². The molecule has 2 aromatic carbocycles. The molecule has 0 radical (unpaired) electrons. The van der Waals surface area contributed by atoms with Crippen molar-refractivity contribution in [3.63, 3.8) is 0 Å². The Balaban J connectivity index is 0.000000235. The molecule has 0 spiro atoms. The SMILES string of the molecule is CCCC.CCC[CH2][SnH]([CH2]CCC)[c]1ncc(Cl)cc1Cl.Clc1cnc(Br)c(Cl)c1.O=C(NC1=C(c2ncc(Cl)cc2Cl)CC1)c1ccccc1C(F)(F)F.O=C(N[C@@H]1CCC1c1ncc(Cl)cc1Cl)c1ccccc1C(F)(F)F. The first-order chi connectivity index (χ1) is 37.8. The van der Waals surface area contributed by atoms with E-state index in [1.807, 2.05) is 6.07 Å². The van der Waals surface area contributed by atoms with E-state index < -0.39 is 66.2 Å². The number of amides is 2.